The Bertz CT molecular complexity index is 2050. The van der Waals surface area contributed by atoms with Crippen molar-refractivity contribution in [2.24, 2.45) is 0 Å². The zero-order valence-corrected chi connectivity index (χ0v) is 27.4. The van der Waals surface area contributed by atoms with Crippen molar-refractivity contribution in [3.63, 3.8) is 0 Å². The Morgan fingerprint density at radius 1 is 0.898 bits per heavy atom. The molecule has 0 aliphatic rings. The van der Waals surface area contributed by atoms with E-state index in [-0.39, 0.29) is 17.1 Å². The second kappa shape index (κ2) is 16.2. The highest BCUT2D eigenvalue weighted by Crippen LogP contribution is 2.32. The van der Waals surface area contributed by atoms with Gasteiger partial charge in [0.05, 0.1) is 16.8 Å². The summed E-state index contributed by atoms with van der Waals surface area (Å²) in [5.41, 5.74) is 12.0. The van der Waals surface area contributed by atoms with Gasteiger partial charge in [-0.25, -0.2) is 19.3 Å². The minimum absolute atomic E-state index is 0.0467. The number of nitrogens with two attached hydrogens (primary N) is 1. The van der Waals surface area contributed by atoms with Gasteiger partial charge in [0.2, 0.25) is 6.41 Å². The summed E-state index contributed by atoms with van der Waals surface area (Å²) < 4.78 is 16.6. The number of nitrogens with zero attached hydrogens (tertiary/aromatic N) is 5. The van der Waals surface area contributed by atoms with E-state index >= 15 is 0 Å². The van der Waals surface area contributed by atoms with Gasteiger partial charge in [-0.3, -0.25) is 19.1 Å². The second-order valence-electron chi connectivity index (χ2n) is 11.0. The van der Waals surface area contributed by atoms with Crippen molar-refractivity contribution in [3.05, 3.63) is 120 Å². The fourth-order valence-electron chi connectivity index (χ4n) is 5.51. The Hall–Kier alpha value is -5.94. The summed E-state index contributed by atoms with van der Waals surface area (Å²) in [7, 11) is 0. The van der Waals surface area contributed by atoms with Crippen LogP contribution in [-0.2, 0) is 17.8 Å². The Balaban J connectivity index is 0.00000230. The molecule has 6 rings (SSSR count). The average Bonchev–Trinajstić information content (AvgIpc) is 3.51. The van der Waals surface area contributed by atoms with Crippen LogP contribution in [0, 0.1) is 5.82 Å². The van der Waals surface area contributed by atoms with E-state index in [4.69, 9.17) is 15.7 Å². The number of aromatic nitrogens is 4. The van der Waals surface area contributed by atoms with E-state index in [0.29, 0.717) is 84.9 Å². The molecule has 4 N–H and O–H groups in total. The lowest BCUT2D eigenvalue weighted by atomic mass is 10.1. The number of aromatic hydroxyl groups is 1. The van der Waals surface area contributed by atoms with E-state index in [9.17, 15) is 19.1 Å². The highest BCUT2D eigenvalue weighted by Gasteiger charge is 2.19. The number of halogens is 1. The van der Waals surface area contributed by atoms with Gasteiger partial charge >= 0.3 is 0 Å². The number of pyridine rings is 2. The largest absolute Gasteiger partial charge is 0.507 e. The molecule has 0 unspecified atom stereocenters. The summed E-state index contributed by atoms with van der Waals surface area (Å²) in [6.45, 7) is 6.34. The molecule has 6 aromatic rings. The second-order valence-corrected chi connectivity index (χ2v) is 11.0. The van der Waals surface area contributed by atoms with Crippen LogP contribution in [0.15, 0.2) is 97.2 Å². The number of hydrogen-bond acceptors (Lipinski definition) is 8. The summed E-state index contributed by atoms with van der Waals surface area (Å²) in [6.07, 6.45) is 3.58. The standard InChI is InChI=1S/C36H32FN7O3.C2H6/c37-30-6-2-1-4-28(30)31-12-13-32-36(41-31)44(35(42-32)29-5-3-16-40-34(29)38)27-10-7-25(8-11-27)21-43(19-17-39-23-46)18-15-24-9-14-33(47)26(20-24)22-45;1-2/h1-14,16,20,22-23,47H,15,17-19,21H2,(H2,38,40)(H,39,46);1-2H3. The highest BCUT2D eigenvalue weighted by molar-refractivity contribution is 5.84. The molecule has 0 aliphatic carbocycles. The first-order valence-electron chi connectivity index (χ1n) is 16.1. The lowest BCUT2D eigenvalue weighted by Gasteiger charge is -2.23. The smallest absolute Gasteiger partial charge is 0.207 e. The maximum atomic E-state index is 14.7. The fraction of sp³-hybridized carbons (Fsp3) is 0.184. The fourth-order valence-corrected chi connectivity index (χ4v) is 5.51. The first-order valence-corrected chi connectivity index (χ1v) is 16.1. The molecule has 250 valence electrons. The van der Waals surface area contributed by atoms with Crippen molar-refractivity contribution in [1.82, 2.24) is 29.7 Å². The molecule has 10 nitrogen and oxygen atoms in total. The molecular weight excluding hydrogens is 621 g/mol. The number of benzene rings is 3. The molecule has 0 spiro atoms. The van der Waals surface area contributed by atoms with Crippen LogP contribution in [0.25, 0.3) is 39.5 Å². The number of fused-ring (bicyclic) bond motifs is 1. The molecule has 0 fully saturated rings. The zero-order valence-electron chi connectivity index (χ0n) is 27.4. The van der Waals surface area contributed by atoms with Crippen LogP contribution < -0.4 is 11.1 Å². The Morgan fingerprint density at radius 3 is 2.39 bits per heavy atom. The lowest BCUT2D eigenvalue weighted by molar-refractivity contribution is -0.109. The number of phenols is 1. The summed E-state index contributed by atoms with van der Waals surface area (Å²) >= 11 is 0. The van der Waals surface area contributed by atoms with Crippen molar-refractivity contribution in [1.29, 1.82) is 0 Å². The third-order valence-electron chi connectivity index (χ3n) is 7.93. The lowest BCUT2D eigenvalue weighted by Crippen LogP contribution is -2.33. The minimum Gasteiger partial charge on any atom is -0.507 e. The SMILES string of the molecule is CC.Nc1ncccc1-c1nc2ccc(-c3ccccc3F)nc2n1-c1ccc(CN(CCNC=O)CCc2ccc(O)c(C=O)c2)cc1. The predicted octanol–water partition coefficient (Wildman–Crippen LogP) is 6.21. The monoisotopic (exact) mass is 659 g/mol. The number of hydrogen-bond donors (Lipinski definition) is 3. The number of amides is 1. The molecule has 3 aromatic heterocycles. The number of nitrogen functional groups attached to an aromatic ring is 1. The van der Waals surface area contributed by atoms with Crippen LogP contribution in [0.3, 0.4) is 0 Å². The number of anilines is 1. The number of imidazole rings is 1. The number of phenolic OH excluding ortho intramolecular Hbond substituents is 1. The third-order valence-corrected chi connectivity index (χ3v) is 7.93. The highest BCUT2D eigenvalue weighted by atomic mass is 19.1. The number of carbonyl (C=O) groups excluding carboxylic acids is 2. The predicted molar refractivity (Wildman–Crippen MR) is 190 cm³/mol. The van der Waals surface area contributed by atoms with Gasteiger partial charge in [0.1, 0.15) is 22.9 Å². The Kier molecular flexibility index (Phi) is 11.4. The van der Waals surface area contributed by atoms with Gasteiger partial charge in [-0.2, -0.15) is 0 Å². The summed E-state index contributed by atoms with van der Waals surface area (Å²) in [5, 5.41) is 12.6. The van der Waals surface area contributed by atoms with Crippen LogP contribution >= 0.6 is 0 Å². The van der Waals surface area contributed by atoms with Gasteiger partial charge in [-0.1, -0.05) is 44.2 Å². The van der Waals surface area contributed by atoms with E-state index < -0.39 is 0 Å². The molecule has 0 radical (unpaired) electrons. The summed E-state index contributed by atoms with van der Waals surface area (Å²) in [4.78, 5) is 38.4. The van der Waals surface area contributed by atoms with Crippen LogP contribution in [0.5, 0.6) is 5.75 Å². The number of aldehydes is 1. The molecule has 0 saturated heterocycles. The van der Waals surface area contributed by atoms with Crippen molar-refractivity contribution in [2.75, 3.05) is 25.4 Å². The minimum atomic E-state index is -0.367. The number of nitrogens with one attached hydrogen (secondary N) is 1. The molecule has 0 atom stereocenters. The van der Waals surface area contributed by atoms with E-state index in [1.54, 1.807) is 48.7 Å². The molecule has 0 bridgehead atoms. The van der Waals surface area contributed by atoms with Crippen molar-refractivity contribution in [2.45, 2.75) is 26.8 Å². The van der Waals surface area contributed by atoms with E-state index in [1.165, 1.54) is 12.1 Å². The average molecular weight is 660 g/mol. The molecule has 11 heteroatoms. The Labute approximate surface area is 284 Å². The molecule has 49 heavy (non-hydrogen) atoms. The van der Waals surface area contributed by atoms with Gasteiger partial charge in [-0.05, 0) is 78.2 Å². The van der Waals surface area contributed by atoms with Crippen molar-refractivity contribution >= 4 is 29.7 Å². The van der Waals surface area contributed by atoms with Crippen molar-refractivity contribution < 1.29 is 19.1 Å². The maximum absolute atomic E-state index is 14.7. The molecule has 1 amide bonds. The quantitative estimate of drug-likeness (QED) is 0.0983. The van der Waals surface area contributed by atoms with E-state index in [0.717, 1.165) is 16.8 Å². The molecule has 0 saturated carbocycles. The maximum Gasteiger partial charge on any atom is 0.207 e. The van der Waals surface area contributed by atoms with E-state index in [2.05, 4.69) is 15.2 Å². The first kappa shape index (κ1) is 34.4. The van der Waals surface area contributed by atoms with Crippen molar-refractivity contribution in [3.8, 4) is 34.1 Å². The number of carbonyl (C=O) groups is 2. The van der Waals surface area contributed by atoms with E-state index in [1.807, 2.05) is 54.8 Å². The van der Waals surface area contributed by atoms with Crippen LogP contribution in [0.2, 0.25) is 0 Å². The van der Waals surface area contributed by atoms with Gasteiger partial charge < -0.3 is 16.2 Å². The van der Waals surface area contributed by atoms with Gasteiger partial charge in [0.25, 0.3) is 0 Å². The molecule has 3 aromatic carbocycles. The third kappa shape index (κ3) is 7.96. The molecular formula is C38H38FN7O3. The molecule has 0 aliphatic heterocycles. The van der Waals surface area contributed by atoms with Crippen LogP contribution in [0.1, 0.15) is 35.3 Å². The van der Waals surface area contributed by atoms with Gasteiger partial charge in [0, 0.05) is 43.6 Å². The number of rotatable bonds is 13. The first-order chi connectivity index (χ1) is 23.9. The Morgan fingerprint density at radius 2 is 1.65 bits per heavy atom. The zero-order chi connectivity index (χ0) is 34.8. The van der Waals surface area contributed by atoms with Gasteiger partial charge in [-0.15, -0.1) is 0 Å². The summed E-state index contributed by atoms with van der Waals surface area (Å²) in [6, 6.07) is 26.7. The molecule has 3 heterocycles. The van der Waals surface area contributed by atoms with Crippen LogP contribution in [0.4, 0.5) is 10.2 Å². The van der Waals surface area contributed by atoms with Gasteiger partial charge in [0.15, 0.2) is 17.8 Å². The van der Waals surface area contributed by atoms with Crippen LogP contribution in [-0.4, -0.2) is 61.9 Å². The topological polar surface area (TPSA) is 139 Å². The normalized spacial score (nSPS) is 10.9. The summed E-state index contributed by atoms with van der Waals surface area (Å²) in [5.74, 6) is 0.466.